The van der Waals surface area contributed by atoms with E-state index >= 15 is 0 Å². The average Bonchev–Trinajstić information content (AvgIpc) is 2.42. The van der Waals surface area contributed by atoms with E-state index in [9.17, 15) is 48.7 Å². The summed E-state index contributed by atoms with van der Waals surface area (Å²) in [4.78, 5) is 12.7. The molecule has 27 heavy (non-hydrogen) atoms. The van der Waals surface area contributed by atoms with Gasteiger partial charge in [-0.25, -0.2) is 4.39 Å². The van der Waals surface area contributed by atoms with Gasteiger partial charge in [-0.15, -0.1) is 0 Å². The fourth-order valence-electron chi connectivity index (χ4n) is 2.39. The summed E-state index contributed by atoms with van der Waals surface area (Å²) >= 11 is 0. The Bertz CT molecular complexity index is 878. The van der Waals surface area contributed by atoms with Gasteiger partial charge >= 0.3 is 18.5 Å². The van der Waals surface area contributed by atoms with Crippen molar-refractivity contribution in [3.05, 3.63) is 39.9 Å². The third kappa shape index (κ3) is 5.26. The van der Waals surface area contributed by atoms with Gasteiger partial charge in [-0.3, -0.25) is 4.79 Å². The van der Waals surface area contributed by atoms with Crippen LogP contribution in [0, 0.1) is 5.82 Å². The lowest BCUT2D eigenvalue weighted by Crippen LogP contribution is -2.40. The molecule has 0 unspecified atom stereocenters. The number of hydrogen-bond acceptors (Lipinski definition) is 2. The van der Waals surface area contributed by atoms with E-state index in [2.05, 4.69) is 0 Å². The molecule has 1 aromatic heterocycles. The minimum atomic E-state index is -5.20. The molecule has 0 bridgehead atoms. The second-order valence-electron chi connectivity index (χ2n) is 5.48. The molecule has 0 aliphatic rings. The Hall–Kier alpha value is -2.47. The second kappa shape index (κ2) is 6.60. The third-order valence-corrected chi connectivity index (χ3v) is 3.30. The first kappa shape index (κ1) is 20.8. The SMILES string of the molecule is O=c1cc(C(F)(F)F)c2cc(N(CC(F)(F)F)CC(F)(F)F)cc(F)c2[nH]1. The van der Waals surface area contributed by atoms with Crippen LogP contribution >= 0.6 is 0 Å². The Morgan fingerprint density at radius 1 is 0.852 bits per heavy atom. The van der Waals surface area contributed by atoms with Crippen LogP contribution in [-0.4, -0.2) is 30.4 Å². The van der Waals surface area contributed by atoms with E-state index in [0.717, 1.165) is 0 Å². The molecule has 13 heteroatoms. The maximum absolute atomic E-state index is 14.1. The molecule has 0 spiro atoms. The van der Waals surface area contributed by atoms with Crippen molar-refractivity contribution in [2.45, 2.75) is 18.5 Å². The molecule has 3 nitrogen and oxygen atoms in total. The van der Waals surface area contributed by atoms with Crippen molar-refractivity contribution in [3.8, 4) is 0 Å². The molecule has 0 amide bonds. The predicted octanol–water partition coefficient (Wildman–Crippen LogP) is 4.62. The highest BCUT2D eigenvalue weighted by atomic mass is 19.4. The standard InChI is InChI=1S/C14H8F10N2O/c15-9-2-6(26(4-12(16,17)18)5-13(19,20)21)1-7-8(14(22,23)24)3-10(27)25-11(7)9/h1-3H,4-5H2,(H,25,27). The number of alkyl halides is 9. The van der Waals surface area contributed by atoms with E-state index in [4.69, 9.17) is 0 Å². The number of H-pyrrole nitrogens is 1. The molecular weight excluding hydrogens is 402 g/mol. The number of rotatable bonds is 3. The molecule has 150 valence electrons. The van der Waals surface area contributed by atoms with Crippen molar-refractivity contribution in [1.29, 1.82) is 0 Å². The highest BCUT2D eigenvalue weighted by molar-refractivity contribution is 5.86. The molecule has 0 radical (unpaired) electrons. The zero-order chi connectivity index (χ0) is 20.8. The lowest BCUT2D eigenvalue weighted by atomic mass is 10.1. The van der Waals surface area contributed by atoms with E-state index in [1.807, 2.05) is 0 Å². The van der Waals surface area contributed by atoms with Crippen LogP contribution in [0.4, 0.5) is 49.6 Å². The van der Waals surface area contributed by atoms with Crippen LogP contribution in [0.25, 0.3) is 10.9 Å². The van der Waals surface area contributed by atoms with Crippen LogP contribution in [0.1, 0.15) is 5.56 Å². The molecule has 0 saturated carbocycles. The topological polar surface area (TPSA) is 36.1 Å². The molecule has 0 saturated heterocycles. The summed E-state index contributed by atoms with van der Waals surface area (Å²) in [5, 5.41) is -1.08. The molecule has 0 fully saturated rings. The number of halogens is 10. The zero-order valence-corrected chi connectivity index (χ0v) is 12.8. The quantitative estimate of drug-likeness (QED) is 0.750. The van der Waals surface area contributed by atoms with Crippen LogP contribution in [-0.2, 0) is 6.18 Å². The summed E-state index contributed by atoms with van der Waals surface area (Å²) in [6, 6.07) is 0.536. The maximum atomic E-state index is 14.1. The fourth-order valence-corrected chi connectivity index (χ4v) is 2.39. The van der Waals surface area contributed by atoms with Crippen LogP contribution in [0.2, 0.25) is 0 Å². The molecule has 1 heterocycles. The van der Waals surface area contributed by atoms with Crippen LogP contribution < -0.4 is 10.5 Å². The average molecular weight is 410 g/mol. The van der Waals surface area contributed by atoms with Gasteiger partial charge in [0.2, 0.25) is 5.56 Å². The maximum Gasteiger partial charge on any atom is 0.417 e. The summed E-state index contributed by atoms with van der Waals surface area (Å²) in [6.45, 7) is -4.36. The van der Waals surface area contributed by atoms with Crippen LogP contribution in [0.5, 0.6) is 0 Å². The predicted molar refractivity (Wildman–Crippen MR) is 73.9 cm³/mol. The van der Waals surface area contributed by atoms with Gasteiger partial charge in [-0.05, 0) is 12.1 Å². The number of benzene rings is 1. The number of anilines is 1. The van der Waals surface area contributed by atoms with E-state index in [-0.39, 0.29) is 17.0 Å². The van der Waals surface area contributed by atoms with E-state index in [1.54, 1.807) is 4.98 Å². The van der Waals surface area contributed by atoms with Crippen molar-refractivity contribution < 1.29 is 43.9 Å². The summed E-state index contributed by atoms with van der Waals surface area (Å²) in [6.07, 6.45) is -15.5. The first-order valence-electron chi connectivity index (χ1n) is 6.89. The second-order valence-corrected chi connectivity index (χ2v) is 5.48. The van der Waals surface area contributed by atoms with Crippen molar-refractivity contribution in [3.63, 3.8) is 0 Å². The van der Waals surface area contributed by atoms with Crippen LogP contribution in [0.3, 0.4) is 0 Å². The highest BCUT2D eigenvalue weighted by Crippen LogP contribution is 2.36. The summed E-state index contributed by atoms with van der Waals surface area (Å²) in [7, 11) is 0. The molecule has 2 rings (SSSR count). The van der Waals surface area contributed by atoms with Gasteiger partial charge in [-0.1, -0.05) is 0 Å². The number of nitrogens with one attached hydrogen (secondary N) is 1. The molecule has 0 aliphatic heterocycles. The molecular formula is C14H8F10N2O. The smallest absolute Gasteiger partial charge is 0.353 e. The van der Waals surface area contributed by atoms with Crippen molar-refractivity contribution in [2.75, 3.05) is 18.0 Å². The molecule has 2 aromatic rings. The third-order valence-electron chi connectivity index (χ3n) is 3.30. The van der Waals surface area contributed by atoms with Gasteiger partial charge in [0.25, 0.3) is 0 Å². The Morgan fingerprint density at radius 2 is 1.37 bits per heavy atom. The van der Waals surface area contributed by atoms with Crippen LogP contribution in [0.15, 0.2) is 23.0 Å². The highest BCUT2D eigenvalue weighted by Gasteiger charge is 2.39. The number of pyridine rings is 1. The Labute approximate surface area is 143 Å². The van der Waals surface area contributed by atoms with Gasteiger partial charge in [-0.2, -0.15) is 39.5 Å². The minimum Gasteiger partial charge on any atom is -0.353 e. The number of fused-ring (bicyclic) bond motifs is 1. The molecule has 0 aliphatic carbocycles. The number of aromatic nitrogens is 1. The lowest BCUT2D eigenvalue weighted by Gasteiger charge is -2.27. The van der Waals surface area contributed by atoms with Gasteiger partial charge in [0.1, 0.15) is 18.9 Å². The van der Waals surface area contributed by atoms with Gasteiger partial charge in [0.15, 0.2) is 0 Å². The van der Waals surface area contributed by atoms with Crippen molar-refractivity contribution in [2.24, 2.45) is 0 Å². The summed E-state index contributed by atoms with van der Waals surface area (Å²) in [5.74, 6) is -1.61. The van der Waals surface area contributed by atoms with Gasteiger partial charge < -0.3 is 9.88 Å². The zero-order valence-electron chi connectivity index (χ0n) is 12.8. The Balaban J connectivity index is 2.73. The van der Waals surface area contributed by atoms with E-state index in [1.165, 1.54) is 0 Å². The minimum absolute atomic E-state index is 0.0312. The van der Waals surface area contributed by atoms with Gasteiger partial charge in [0, 0.05) is 17.1 Å². The van der Waals surface area contributed by atoms with Crippen molar-refractivity contribution in [1.82, 2.24) is 4.98 Å². The molecule has 1 aromatic carbocycles. The van der Waals surface area contributed by atoms with E-state index in [0.29, 0.717) is 6.07 Å². The lowest BCUT2D eigenvalue weighted by molar-refractivity contribution is -0.138. The van der Waals surface area contributed by atoms with E-state index < -0.39 is 65.1 Å². The largest absolute Gasteiger partial charge is 0.417 e. The summed E-state index contributed by atoms with van der Waals surface area (Å²) in [5.41, 5.74) is -5.10. The summed E-state index contributed by atoms with van der Waals surface area (Å²) < 4.78 is 129. The first-order chi connectivity index (χ1) is 12.1. The molecule has 0 atom stereocenters. The Kier molecular flexibility index (Phi) is 5.10. The van der Waals surface area contributed by atoms with Crippen molar-refractivity contribution >= 4 is 16.6 Å². The normalized spacial score (nSPS) is 13.3. The molecule has 1 N–H and O–H groups in total. The number of nitrogens with zero attached hydrogens (tertiary/aromatic N) is 1. The fraction of sp³-hybridized carbons (Fsp3) is 0.357. The first-order valence-corrected chi connectivity index (χ1v) is 6.89. The number of hydrogen-bond donors (Lipinski definition) is 1. The monoisotopic (exact) mass is 410 g/mol. The Morgan fingerprint density at radius 3 is 1.81 bits per heavy atom. The van der Waals surface area contributed by atoms with Gasteiger partial charge in [0.05, 0.1) is 11.1 Å². The number of aromatic amines is 1.